The zero-order chi connectivity index (χ0) is 22.0. The molecule has 0 atom stereocenters. The zero-order valence-electron chi connectivity index (χ0n) is 17.3. The first-order valence-electron chi connectivity index (χ1n) is 10.4. The Hall–Kier alpha value is -2.62. The summed E-state index contributed by atoms with van der Waals surface area (Å²) in [4.78, 5) is 13.5. The molecule has 10 heteroatoms. The number of rotatable bonds is 6. The SMILES string of the molecule is CN1CCc2nc(N3CCC(Oc4ccc(F)cc4F)CC3)c(NCC(F)F)nc2C1. The standard InChI is InChI=1S/C21H25F4N5O/c1-29-7-6-16-17(12-29)27-20(26-11-19(24)25)21(28-16)30-8-4-14(5-9-30)31-18-3-2-13(22)10-15(18)23/h2-3,10,14,19H,4-9,11-12H2,1H3,(H,26,27). The Labute approximate surface area is 178 Å². The van der Waals surface area contributed by atoms with Gasteiger partial charge in [0.05, 0.1) is 17.9 Å². The molecule has 0 bridgehead atoms. The maximum atomic E-state index is 13.9. The van der Waals surface area contributed by atoms with Crippen molar-refractivity contribution in [3.05, 3.63) is 41.2 Å². The summed E-state index contributed by atoms with van der Waals surface area (Å²) in [7, 11) is 1.99. The zero-order valence-corrected chi connectivity index (χ0v) is 17.3. The van der Waals surface area contributed by atoms with E-state index in [0.717, 1.165) is 36.5 Å². The van der Waals surface area contributed by atoms with E-state index in [0.29, 0.717) is 44.1 Å². The second-order valence-corrected chi connectivity index (χ2v) is 7.93. The average Bonchev–Trinajstić information content (AvgIpc) is 2.74. The molecule has 0 spiro atoms. The average molecular weight is 439 g/mol. The normalized spacial score (nSPS) is 17.7. The van der Waals surface area contributed by atoms with E-state index in [9.17, 15) is 17.6 Å². The van der Waals surface area contributed by atoms with E-state index in [1.165, 1.54) is 6.07 Å². The summed E-state index contributed by atoms with van der Waals surface area (Å²) < 4.78 is 58.3. The monoisotopic (exact) mass is 439 g/mol. The highest BCUT2D eigenvalue weighted by Crippen LogP contribution is 2.30. The first-order chi connectivity index (χ1) is 14.9. The minimum Gasteiger partial charge on any atom is -0.487 e. The summed E-state index contributed by atoms with van der Waals surface area (Å²) in [6, 6.07) is 3.25. The van der Waals surface area contributed by atoms with Crippen molar-refractivity contribution in [1.82, 2.24) is 14.9 Å². The van der Waals surface area contributed by atoms with Crippen LogP contribution in [0.15, 0.2) is 18.2 Å². The molecule has 1 N–H and O–H groups in total. The Morgan fingerprint density at radius 1 is 1.13 bits per heavy atom. The Bertz CT molecular complexity index is 921. The number of nitrogens with one attached hydrogen (secondary N) is 1. The van der Waals surface area contributed by atoms with Crippen LogP contribution in [0, 0.1) is 11.6 Å². The number of ether oxygens (including phenoxy) is 1. The molecular formula is C21H25F4N5O. The molecular weight excluding hydrogens is 414 g/mol. The predicted molar refractivity (Wildman–Crippen MR) is 109 cm³/mol. The molecule has 2 aromatic rings. The summed E-state index contributed by atoms with van der Waals surface area (Å²) in [6.45, 7) is 2.11. The van der Waals surface area contributed by atoms with Crippen molar-refractivity contribution in [2.45, 2.75) is 38.3 Å². The number of fused-ring (bicyclic) bond motifs is 1. The lowest BCUT2D eigenvalue weighted by molar-refractivity contribution is 0.162. The van der Waals surface area contributed by atoms with Crippen LogP contribution < -0.4 is 15.0 Å². The molecule has 31 heavy (non-hydrogen) atoms. The lowest BCUT2D eigenvalue weighted by Gasteiger charge is -2.34. The van der Waals surface area contributed by atoms with Crippen LogP contribution >= 0.6 is 0 Å². The van der Waals surface area contributed by atoms with Gasteiger partial charge in [-0.1, -0.05) is 0 Å². The predicted octanol–water partition coefficient (Wildman–Crippen LogP) is 3.47. The number of hydrogen-bond acceptors (Lipinski definition) is 6. The van der Waals surface area contributed by atoms with Gasteiger partial charge in [-0.05, 0) is 19.2 Å². The van der Waals surface area contributed by atoms with Crippen LogP contribution in [0.4, 0.5) is 29.2 Å². The number of alkyl halides is 2. The fraction of sp³-hybridized carbons (Fsp3) is 0.524. The molecule has 2 aliphatic heterocycles. The molecule has 6 nitrogen and oxygen atoms in total. The van der Waals surface area contributed by atoms with Gasteiger partial charge in [-0.3, -0.25) is 0 Å². The third kappa shape index (κ3) is 5.17. The quantitative estimate of drug-likeness (QED) is 0.696. The Kier molecular flexibility index (Phi) is 6.45. The maximum Gasteiger partial charge on any atom is 0.255 e. The lowest BCUT2D eigenvalue weighted by Crippen LogP contribution is -2.40. The molecule has 1 aromatic heterocycles. The molecule has 3 heterocycles. The van der Waals surface area contributed by atoms with Crippen LogP contribution in [-0.4, -0.2) is 60.6 Å². The number of hydrogen-bond donors (Lipinski definition) is 1. The van der Waals surface area contributed by atoms with E-state index in [2.05, 4.69) is 15.2 Å². The van der Waals surface area contributed by atoms with Gasteiger partial charge in [0.25, 0.3) is 6.43 Å². The number of anilines is 2. The summed E-state index contributed by atoms with van der Waals surface area (Å²) >= 11 is 0. The van der Waals surface area contributed by atoms with Crippen molar-refractivity contribution < 1.29 is 22.3 Å². The van der Waals surface area contributed by atoms with Crippen LogP contribution in [0.3, 0.4) is 0 Å². The summed E-state index contributed by atoms with van der Waals surface area (Å²) in [5.41, 5.74) is 1.70. The summed E-state index contributed by atoms with van der Waals surface area (Å²) in [5, 5.41) is 2.74. The van der Waals surface area contributed by atoms with E-state index in [1.54, 1.807) is 0 Å². The van der Waals surface area contributed by atoms with Crippen LogP contribution in [0.1, 0.15) is 24.2 Å². The molecule has 0 aliphatic carbocycles. The number of aromatic nitrogens is 2. The lowest BCUT2D eigenvalue weighted by atomic mass is 10.1. The van der Waals surface area contributed by atoms with Gasteiger partial charge >= 0.3 is 0 Å². The van der Waals surface area contributed by atoms with Crippen LogP contribution in [0.2, 0.25) is 0 Å². The molecule has 1 fully saturated rings. The smallest absolute Gasteiger partial charge is 0.255 e. The number of nitrogens with zero attached hydrogens (tertiary/aromatic N) is 4. The molecule has 1 aromatic carbocycles. The van der Waals surface area contributed by atoms with Crippen LogP contribution in [0.5, 0.6) is 5.75 Å². The third-order valence-corrected chi connectivity index (χ3v) is 5.54. The van der Waals surface area contributed by atoms with E-state index < -0.39 is 24.6 Å². The molecule has 2 aliphatic rings. The van der Waals surface area contributed by atoms with E-state index >= 15 is 0 Å². The van der Waals surface area contributed by atoms with E-state index in [1.807, 2.05) is 11.9 Å². The Morgan fingerprint density at radius 3 is 2.61 bits per heavy atom. The Balaban J connectivity index is 1.47. The number of piperidine rings is 1. The number of halogens is 4. The Morgan fingerprint density at radius 2 is 1.90 bits per heavy atom. The van der Waals surface area contributed by atoms with Gasteiger partial charge in [0, 0.05) is 51.5 Å². The maximum absolute atomic E-state index is 13.9. The number of benzene rings is 1. The van der Waals surface area contributed by atoms with Crippen molar-refractivity contribution >= 4 is 11.6 Å². The molecule has 0 unspecified atom stereocenters. The fourth-order valence-corrected chi connectivity index (χ4v) is 3.90. The van der Waals surface area contributed by atoms with Gasteiger partial charge in [-0.15, -0.1) is 0 Å². The van der Waals surface area contributed by atoms with E-state index in [4.69, 9.17) is 9.72 Å². The molecule has 0 saturated carbocycles. The topological polar surface area (TPSA) is 53.5 Å². The second kappa shape index (κ2) is 9.25. The first-order valence-corrected chi connectivity index (χ1v) is 10.4. The summed E-state index contributed by atoms with van der Waals surface area (Å²) in [6.07, 6.45) is -0.796. The van der Waals surface area contributed by atoms with Gasteiger partial charge in [0.15, 0.2) is 23.2 Å². The highest BCUT2D eigenvalue weighted by molar-refractivity contribution is 5.62. The molecule has 1 saturated heterocycles. The van der Waals surface area contributed by atoms with Crippen molar-refractivity contribution in [3.63, 3.8) is 0 Å². The summed E-state index contributed by atoms with van der Waals surface area (Å²) in [5.74, 6) is -0.433. The highest BCUT2D eigenvalue weighted by atomic mass is 19.3. The fourth-order valence-electron chi connectivity index (χ4n) is 3.90. The minimum absolute atomic E-state index is 0.0248. The number of likely N-dealkylation sites (N-methyl/N-ethyl adjacent to an activating group) is 1. The minimum atomic E-state index is -2.50. The molecule has 168 valence electrons. The van der Waals surface area contributed by atoms with Crippen molar-refractivity contribution in [3.8, 4) is 5.75 Å². The molecule has 0 amide bonds. The van der Waals surface area contributed by atoms with Gasteiger partial charge in [0.1, 0.15) is 11.9 Å². The van der Waals surface area contributed by atoms with Crippen molar-refractivity contribution in [1.29, 1.82) is 0 Å². The van der Waals surface area contributed by atoms with Crippen molar-refractivity contribution in [2.75, 3.05) is 43.4 Å². The second-order valence-electron chi connectivity index (χ2n) is 7.93. The highest BCUT2D eigenvalue weighted by Gasteiger charge is 2.27. The third-order valence-electron chi connectivity index (χ3n) is 5.54. The van der Waals surface area contributed by atoms with Crippen LogP contribution in [-0.2, 0) is 13.0 Å². The molecule has 0 radical (unpaired) electrons. The van der Waals surface area contributed by atoms with Gasteiger partial charge in [0.2, 0.25) is 0 Å². The van der Waals surface area contributed by atoms with Crippen LogP contribution in [0.25, 0.3) is 0 Å². The van der Waals surface area contributed by atoms with Gasteiger partial charge in [-0.2, -0.15) is 0 Å². The van der Waals surface area contributed by atoms with Gasteiger partial charge < -0.3 is 19.9 Å². The largest absolute Gasteiger partial charge is 0.487 e. The van der Waals surface area contributed by atoms with Gasteiger partial charge in [-0.25, -0.2) is 27.5 Å². The molecule has 4 rings (SSSR count). The van der Waals surface area contributed by atoms with E-state index in [-0.39, 0.29) is 11.9 Å². The first kappa shape index (κ1) is 21.6. The van der Waals surface area contributed by atoms with Crippen molar-refractivity contribution in [2.24, 2.45) is 0 Å².